The maximum Gasteiger partial charge on any atom is 0.226 e. The standard InChI is InChI=1S/C24H25N10OP/c1-14-7-17(20(36)10-19(14)35-16-8-15(2)34-21(9-16)28-13-30-34)31-23-22-18(27-12-29-23)11-26-24(32-22)33-5-3-25-4-6-33/h7-13,25H,3-6,36H2,1-2H3,(H,27,29,31). The summed E-state index contributed by atoms with van der Waals surface area (Å²) in [5, 5.41) is 11.9. The van der Waals surface area contributed by atoms with Crippen LogP contribution in [0.25, 0.3) is 16.7 Å². The number of nitrogens with zero attached hydrogens (tertiary/aromatic N) is 8. The monoisotopic (exact) mass is 500 g/mol. The van der Waals surface area contributed by atoms with Crippen molar-refractivity contribution in [3.63, 3.8) is 0 Å². The van der Waals surface area contributed by atoms with Crippen LogP contribution in [-0.4, -0.2) is 60.7 Å². The molecule has 6 rings (SSSR count). The van der Waals surface area contributed by atoms with Gasteiger partial charge in [-0.1, -0.05) is 0 Å². The Labute approximate surface area is 209 Å². The average Bonchev–Trinajstić information content (AvgIpc) is 3.37. The highest BCUT2D eigenvalue weighted by Crippen LogP contribution is 2.30. The van der Waals surface area contributed by atoms with Crippen LogP contribution in [0.1, 0.15) is 11.3 Å². The van der Waals surface area contributed by atoms with Crippen molar-refractivity contribution in [2.45, 2.75) is 13.8 Å². The van der Waals surface area contributed by atoms with E-state index in [4.69, 9.17) is 9.72 Å². The van der Waals surface area contributed by atoms with Crippen LogP contribution in [0, 0.1) is 13.8 Å². The van der Waals surface area contributed by atoms with Gasteiger partial charge in [0.05, 0.1) is 6.20 Å². The zero-order chi connectivity index (χ0) is 24.6. The zero-order valence-corrected chi connectivity index (χ0v) is 21.1. The fraction of sp³-hybridized carbons (Fsp3) is 0.250. The molecule has 1 unspecified atom stereocenters. The molecule has 0 bridgehead atoms. The third-order valence-electron chi connectivity index (χ3n) is 6.12. The second-order valence-electron chi connectivity index (χ2n) is 8.66. The van der Waals surface area contributed by atoms with Gasteiger partial charge in [0, 0.05) is 49.7 Å². The number of piperazine rings is 1. The molecule has 1 aromatic carbocycles. The van der Waals surface area contributed by atoms with E-state index >= 15 is 0 Å². The van der Waals surface area contributed by atoms with E-state index in [1.54, 1.807) is 10.7 Å². The number of hydrogen-bond acceptors (Lipinski definition) is 10. The Balaban J connectivity index is 1.30. The van der Waals surface area contributed by atoms with Gasteiger partial charge in [0.2, 0.25) is 5.95 Å². The smallest absolute Gasteiger partial charge is 0.226 e. The molecule has 0 amide bonds. The number of aryl methyl sites for hydroxylation is 2. The minimum Gasteiger partial charge on any atom is -0.457 e. The molecule has 11 nitrogen and oxygen atoms in total. The van der Waals surface area contributed by atoms with Gasteiger partial charge < -0.3 is 20.3 Å². The van der Waals surface area contributed by atoms with Gasteiger partial charge in [-0.25, -0.2) is 29.4 Å². The van der Waals surface area contributed by atoms with Crippen LogP contribution >= 0.6 is 9.24 Å². The van der Waals surface area contributed by atoms with E-state index in [0.29, 0.717) is 28.5 Å². The molecular formula is C24H25N10OP. The number of fused-ring (bicyclic) bond motifs is 2. The molecule has 1 saturated heterocycles. The number of ether oxygens (including phenoxy) is 1. The summed E-state index contributed by atoms with van der Waals surface area (Å²) in [6.45, 7) is 7.53. The number of pyridine rings is 1. The van der Waals surface area contributed by atoms with Gasteiger partial charge >= 0.3 is 0 Å². The third kappa shape index (κ3) is 4.27. The van der Waals surface area contributed by atoms with Crippen LogP contribution in [0.2, 0.25) is 0 Å². The van der Waals surface area contributed by atoms with E-state index in [1.165, 1.54) is 12.7 Å². The SMILES string of the molecule is Cc1cc(Nc2ncnc3cnc(N4CCNCC4)nc23)c(P)cc1Oc1cc(C)n2ncnc2c1. The predicted molar refractivity (Wildman–Crippen MR) is 142 cm³/mol. The summed E-state index contributed by atoms with van der Waals surface area (Å²) in [6, 6.07) is 7.83. The Hall–Kier alpha value is -3.95. The lowest BCUT2D eigenvalue weighted by molar-refractivity contribution is 0.478. The third-order valence-corrected chi connectivity index (χ3v) is 6.60. The van der Waals surface area contributed by atoms with Crippen molar-refractivity contribution in [1.82, 2.24) is 39.9 Å². The molecule has 1 aliphatic rings. The first-order valence-corrected chi connectivity index (χ1v) is 12.2. The number of rotatable bonds is 5. The van der Waals surface area contributed by atoms with Crippen LogP contribution in [0.5, 0.6) is 11.5 Å². The van der Waals surface area contributed by atoms with Gasteiger partial charge in [-0.05, 0) is 36.8 Å². The van der Waals surface area contributed by atoms with Crippen LogP contribution in [0.3, 0.4) is 0 Å². The topological polar surface area (TPSA) is 118 Å². The summed E-state index contributed by atoms with van der Waals surface area (Å²) in [5.41, 5.74) is 4.91. The van der Waals surface area contributed by atoms with Gasteiger partial charge in [-0.15, -0.1) is 9.24 Å². The predicted octanol–water partition coefficient (Wildman–Crippen LogP) is 2.53. The molecule has 4 aromatic heterocycles. The summed E-state index contributed by atoms with van der Waals surface area (Å²) < 4.78 is 8.00. The van der Waals surface area contributed by atoms with Crippen LogP contribution in [0.4, 0.5) is 17.5 Å². The van der Waals surface area contributed by atoms with Crippen LogP contribution in [0.15, 0.2) is 43.1 Å². The van der Waals surface area contributed by atoms with E-state index < -0.39 is 0 Å². The van der Waals surface area contributed by atoms with Crippen molar-refractivity contribution in [1.29, 1.82) is 0 Å². The lowest BCUT2D eigenvalue weighted by Crippen LogP contribution is -2.44. The van der Waals surface area contributed by atoms with Crippen molar-refractivity contribution < 1.29 is 4.74 Å². The first-order chi connectivity index (χ1) is 17.5. The number of hydrogen-bond donors (Lipinski definition) is 2. The second kappa shape index (κ2) is 9.25. The molecule has 0 radical (unpaired) electrons. The number of anilines is 3. The van der Waals surface area contributed by atoms with Crippen LogP contribution < -0.4 is 25.6 Å². The lowest BCUT2D eigenvalue weighted by atomic mass is 10.2. The van der Waals surface area contributed by atoms with Gasteiger partial charge in [-0.3, -0.25) is 0 Å². The molecule has 0 saturated carbocycles. The molecule has 5 aromatic rings. The van der Waals surface area contributed by atoms with Crippen molar-refractivity contribution in [2.24, 2.45) is 0 Å². The first kappa shape index (κ1) is 22.5. The molecule has 1 atom stereocenters. The fourth-order valence-corrected chi connectivity index (χ4v) is 4.55. The highest BCUT2D eigenvalue weighted by Gasteiger charge is 2.16. The Morgan fingerprint density at radius 1 is 1.00 bits per heavy atom. The zero-order valence-electron chi connectivity index (χ0n) is 19.9. The molecular weight excluding hydrogens is 475 g/mol. The molecule has 0 aliphatic carbocycles. The van der Waals surface area contributed by atoms with Crippen molar-refractivity contribution >= 4 is 48.7 Å². The fourth-order valence-electron chi connectivity index (χ4n) is 4.25. The van der Waals surface area contributed by atoms with Gasteiger partial charge in [0.25, 0.3) is 0 Å². The summed E-state index contributed by atoms with van der Waals surface area (Å²) in [6.07, 6.45) is 4.81. The molecule has 182 valence electrons. The van der Waals surface area contributed by atoms with Crippen LogP contribution in [-0.2, 0) is 0 Å². The van der Waals surface area contributed by atoms with E-state index in [-0.39, 0.29) is 0 Å². The minimum atomic E-state index is 0.628. The quantitative estimate of drug-likeness (QED) is 0.349. The normalized spacial score (nSPS) is 13.9. The molecule has 5 heterocycles. The maximum absolute atomic E-state index is 6.23. The van der Waals surface area contributed by atoms with Crippen molar-refractivity contribution in [3.8, 4) is 11.5 Å². The highest BCUT2D eigenvalue weighted by molar-refractivity contribution is 7.28. The number of aromatic nitrogens is 7. The lowest BCUT2D eigenvalue weighted by Gasteiger charge is -2.27. The Bertz CT molecular complexity index is 1580. The molecule has 1 fully saturated rings. The van der Waals surface area contributed by atoms with E-state index in [1.807, 2.05) is 38.1 Å². The number of benzene rings is 1. The molecule has 2 N–H and O–H groups in total. The summed E-state index contributed by atoms with van der Waals surface area (Å²) in [7, 11) is 2.77. The molecule has 0 spiro atoms. The van der Waals surface area contributed by atoms with E-state index in [9.17, 15) is 0 Å². The van der Waals surface area contributed by atoms with Crippen molar-refractivity contribution in [3.05, 3.63) is 54.4 Å². The second-order valence-corrected chi connectivity index (χ2v) is 9.28. The van der Waals surface area contributed by atoms with Gasteiger partial charge in [0.15, 0.2) is 11.5 Å². The molecule has 36 heavy (non-hydrogen) atoms. The largest absolute Gasteiger partial charge is 0.457 e. The highest BCUT2D eigenvalue weighted by atomic mass is 31.0. The molecule has 1 aliphatic heterocycles. The van der Waals surface area contributed by atoms with E-state index in [2.05, 4.69) is 49.8 Å². The Kier molecular flexibility index (Phi) is 5.79. The van der Waals surface area contributed by atoms with Gasteiger partial charge in [0.1, 0.15) is 35.2 Å². The Morgan fingerprint density at radius 3 is 2.72 bits per heavy atom. The summed E-state index contributed by atoms with van der Waals surface area (Å²) in [5.74, 6) is 2.78. The van der Waals surface area contributed by atoms with E-state index in [0.717, 1.165) is 59.8 Å². The average molecular weight is 501 g/mol. The first-order valence-electron chi connectivity index (χ1n) is 11.6. The molecule has 12 heteroatoms. The minimum absolute atomic E-state index is 0.628. The Morgan fingerprint density at radius 2 is 1.86 bits per heavy atom. The van der Waals surface area contributed by atoms with Gasteiger partial charge in [-0.2, -0.15) is 5.10 Å². The number of nitrogens with one attached hydrogen (secondary N) is 2. The maximum atomic E-state index is 6.23. The summed E-state index contributed by atoms with van der Waals surface area (Å²) >= 11 is 0. The van der Waals surface area contributed by atoms with Crippen molar-refractivity contribution in [2.75, 3.05) is 36.4 Å². The summed E-state index contributed by atoms with van der Waals surface area (Å²) in [4.78, 5) is 24.6.